The lowest BCUT2D eigenvalue weighted by atomic mass is 9.79. The predicted octanol–water partition coefficient (Wildman–Crippen LogP) is 3.22. The largest absolute Gasteiger partial charge is 0.390 e. The fraction of sp³-hybridized carbons (Fsp3) is 0.613. The Labute approximate surface area is 255 Å². The molecule has 3 N–H and O–H groups in total. The molecule has 42 heavy (non-hydrogen) atoms. The van der Waals surface area contributed by atoms with Crippen molar-refractivity contribution in [1.82, 2.24) is 30.2 Å². The maximum Gasteiger partial charge on any atom is 0.253 e. The molecule has 0 bridgehead atoms. The molecular weight excluding hydrogens is 556 g/mol. The molecule has 0 aliphatic carbocycles. The van der Waals surface area contributed by atoms with E-state index in [1.807, 2.05) is 52.0 Å². The van der Waals surface area contributed by atoms with Gasteiger partial charge in [-0.1, -0.05) is 39.3 Å². The summed E-state index contributed by atoms with van der Waals surface area (Å²) in [7, 11) is 3.48. The summed E-state index contributed by atoms with van der Waals surface area (Å²) in [6.45, 7) is 11.5. The fourth-order valence-electron chi connectivity index (χ4n) is 6.33. The van der Waals surface area contributed by atoms with Crippen molar-refractivity contribution in [2.45, 2.75) is 84.0 Å². The number of piperidine rings is 1. The molecule has 232 valence electrons. The molecule has 3 atom stereocenters. The van der Waals surface area contributed by atoms with Crippen LogP contribution in [0.15, 0.2) is 24.3 Å². The monoisotopic (exact) mass is 602 g/mol. The number of amides is 3. The van der Waals surface area contributed by atoms with Gasteiger partial charge in [0.25, 0.3) is 5.91 Å². The van der Waals surface area contributed by atoms with Crippen molar-refractivity contribution >= 4 is 30.1 Å². The molecule has 4 rings (SSSR count). The summed E-state index contributed by atoms with van der Waals surface area (Å²) >= 11 is 0. The first kappa shape index (κ1) is 33.6. The number of hydrogen-bond acceptors (Lipinski definition) is 6. The number of H-pyrrole nitrogens is 1. The van der Waals surface area contributed by atoms with Crippen LogP contribution >= 0.6 is 12.4 Å². The number of halogens is 1. The van der Waals surface area contributed by atoms with Crippen molar-refractivity contribution in [1.29, 1.82) is 0 Å². The minimum absolute atomic E-state index is 0. The van der Waals surface area contributed by atoms with Crippen LogP contribution in [-0.4, -0.2) is 99.1 Å². The van der Waals surface area contributed by atoms with Gasteiger partial charge in [-0.2, -0.15) is 5.10 Å². The summed E-state index contributed by atoms with van der Waals surface area (Å²) in [4.78, 5) is 45.7. The van der Waals surface area contributed by atoms with Crippen molar-refractivity contribution in [3.05, 3.63) is 52.3 Å². The zero-order valence-electron chi connectivity index (χ0n) is 25.9. The first-order valence-corrected chi connectivity index (χ1v) is 14.8. The average molecular weight is 603 g/mol. The van der Waals surface area contributed by atoms with Crippen LogP contribution in [0.1, 0.15) is 85.4 Å². The predicted molar refractivity (Wildman–Crippen MR) is 165 cm³/mol. The molecule has 1 unspecified atom stereocenters. The van der Waals surface area contributed by atoms with Gasteiger partial charge in [-0.25, -0.2) is 0 Å². The molecule has 10 nitrogen and oxygen atoms in total. The van der Waals surface area contributed by atoms with E-state index in [1.165, 1.54) is 0 Å². The zero-order chi connectivity index (χ0) is 30.1. The van der Waals surface area contributed by atoms with E-state index in [0.717, 1.165) is 35.4 Å². The van der Waals surface area contributed by atoms with Gasteiger partial charge in [0.15, 0.2) is 0 Å². The van der Waals surface area contributed by atoms with Gasteiger partial charge in [-0.05, 0) is 56.7 Å². The van der Waals surface area contributed by atoms with Gasteiger partial charge >= 0.3 is 0 Å². The Morgan fingerprint density at radius 1 is 1.14 bits per heavy atom. The lowest BCUT2D eigenvalue weighted by molar-refractivity contribution is -0.165. The fourth-order valence-corrected chi connectivity index (χ4v) is 6.33. The van der Waals surface area contributed by atoms with Crippen LogP contribution in [0.4, 0.5) is 0 Å². The van der Waals surface area contributed by atoms with E-state index in [2.05, 4.69) is 27.3 Å². The van der Waals surface area contributed by atoms with Crippen LogP contribution in [0.2, 0.25) is 0 Å². The molecule has 2 aromatic rings. The lowest BCUT2D eigenvalue weighted by Gasteiger charge is -2.53. The number of piperazine rings is 1. The molecular formula is C31H47ClN6O4. The number of carbonyl (C=O) groups is 3. The Morgan fingerprint density at radius 2 is 1.76 bits per heavy atom. The van der Waals surface area contributed by atoms with E-state index in [9.17, 15) is 19.5 Å². The molecule has 11 heteroatoms. The highest BCUT2D eigenvalue weighted by atomic mass is 35.5. The number of hydrogen-bond donors (Lipinski definition) is 3. The number of nitrogens with zero attached hydrogens (tertiary/aromatic N) is 4. The summed E-state index contributed by atoms with van der Waals surface area (Å²) in [5.74, 6) is -0.567. The Bertz CT molecular complexity index is 1230. The van der Waals surface area contributed by atoms with Crippen molar-refractivity contribution in [3.63, 3.8) is 0 Å². The van der Waals surface area contributed by atoms with E-state index in [0.29, 0.717) is 38.0 Å². The Kier molecular flexibility index (Phi) is 10.8. The second kappa shape index (κ2) is 13.6. The van der Waals surface area contributed by atoms with Crippen LogP contribution in [-0.2, 0) is 9.59 Å². The number of rotatable bonds is 9. The molecule has 3 heterocycles. The third-order valence-electron chi connectivity index (χ3n) is 8.85. The smallest absolute Gasteiger partial charge is 0.253 e. The number of aliphatic hydroxyl groups is 1. The number of nitrogens with one attached hydrogen (secondary N) is 2. The van der Waals surface area contributed by atoms with Crippen LogP contribution in [0.5, 0.6) is 0 Å². The molecule has 1 aromatic heterocycles. The number of benzene rings is 1. The normalized spacial score (nSPS) is 20.3. The zero-order valence-corrected chi connectivity index (χ0v) is 26.8. The number of carbonyl (C=O) groups excluding carboxylic acids is 3. The van der Waals surface area contributed by atoms with Crippen molar-refractivity contribution in [3.8, 4) is 0 Å². The Hall–Kier alpha value is -2.95. The van der Waals surface area contributed by atoms with Gasteiger partial charge in [0.2, 0.25) is 11.8 Å². The maximum absolute atomic E-state index is 13.8. The molecule has 3 amide bonds. The minimum atomic E-state index is -0.941. The van der Waals surface area contributed by atoms with Crippen LogP contribution < -0.4 is 5.32 Å². The standard InChI is InChI=1S/C31H46N6O4.ClH/c1-8-9-16-37-29(40)25(27(38)19(2)3)32-30(41)31(37)14-17-36(18-15-31)26(24-20(4)33-34-21(24)5)22-10-12-23(13-11-22)28(39)35(6)7;/h10-13,19,25-27,38H,8-9,14-18H2,1-7H3,(H,32,41)(H,33,34);1H/t25-,26?,27-;/m1./s1. The molecule has 1 aromatic carbocycles. The van der Waals surface area contributed by atoms with E-state index in [-0.39, 0.29) is 42.1 Å². The Morgan fingerprint density at radius 3 is 2.26 bits per heavy atom. The molecule has 0 saturated carbocycles. The molecule has 2 aliphatic rings. The third kappa shape index (κ3) is 6.21. The highest BCUT2D eigenvalue weighted by Crippen LogP contribution is 2.40. The quantitative estimate of drug-likeness (QED) is 0.405. The molecule has 2 saturated heterocycles. The number of aryl methyl sites for hydroxylation is 2. The van der Waals surface area contributed by atoms with Gasteiger partial charge < -0.3 is 20.2 Å². The molecule has 2 fully saturated rings. The van der Waals surface area contributed by atoms with E-state index < -0.39 is 17.7 Å². The third-order valence-corrected chi connectivity index (χ3v) is 8.85. The van der Waals surface area contributed by atoms with E-state index in [1.54, 1.807) is 23.9 Å². The number of likely N-dealkylation sites (tertiary alicyclic amines) is 1. The molecule has 2 aliphatic heterocycles. The van der Waals surface area contributed by atoms with Crippen molar-refractivity contribution in [2.24, 2.45) is 5.92 Å². The number of aromatic amines is 1. The van der Waals surface area contributed by atoms with Crippen molar-refractivity contribution in [2.75, 3.05) is 33.7 Å². The number of unbranched alkanes of at least 4 members (excludes halogenated alkanes) is 1. The highest BCUT2D eigenvalue weighted by molar-refractivity contribution is 6.00. The van der Waals surface area contributed by atoms with Crippen LogP contribution in [0.25, 0.3) is 0 Å². The van der Waals surface area contributed by atoms with Gasteiger partial charge in [0, 0.05) is 50.6 Å². The maximum atomic E-state index is 13.8. The van der Waals surface area contributed by atoms with Gasteiger partial charge in [0.05, 0.1) is 17.8 Å². The van der Waals surface area contributed by atoms with E-state index in [4.69, 9.17) is 0 Å². The number of aliphatic hydroxyl groups excluding tert-OH is 1. The van der Waals surface area contributed by atoms with Gasteiger partial charge in [-0.3, -0.25) is 24.4 Å². The summed E-state index contributed by atoms with van der Waals surface area (Å²) in [5, 5.41) is 21.2. The lowest BCUT2D eigenvalue weighted by Crippen LogP contribution is -2.75. The molecule has 1 spiro atoms. The van der Waals surface area contributed by atoms with Gasteiger partial charge in [-0.15, -0.1) is 12.4 Å². The topological polar surface area (TPSA) is 122 Å². The second-order valence-corrected chi connectivity index (χ2v) is 12.2. The first-order chi connectivity index (χ1) is 19.4. The summed E-state index contributed by atoms with van der Waals surface area (Å²) in [6.07, 6.45) is 1.73. The minimum Gasteiger partial charge on any atom is -0.390 e. The van der Waals surface area contributed by atoms with Crippen LogP contribution in [0, 0.1) is 19.8 Å². The molecule has 0 radical (unpaired) electrons. The highest BCUT2D eigenvalue weighted by Gasteiger charge is 2.55. The van der Waals surface area contributed by atoms with Crippen molar-refractivity contribution < 1.29 is 19.5 Å². The second-order valence-electron chi connectivity index (χ2n) is 12.2. The first-order valence-electron chi connectivity index (χ1n) is 14.8. The Balaban J connectivity index is 0.00000484. The van der Waals surface area contributed by atoms with E-state index >= 15 is 0 Å². The SMILES string of the molecule is CCCCN1C(=O)[C@@H]([C@H](O)C(C)C)NC(=O)C12CCN(C(c1ccc(C(=O)N(C)C)cc1)c1c(C)n[nH]c1C)CC2.Cl. The van der Waals surface area contributed by atoms with Gasteiger partial charge in [0.1, 0.15) is 11.6 Å². The average Bonchev–Trinajstić information content (AvgIpc) is 3.28. The summed E-state index contributed by atoms with van der Waals surface area (Å²) in [5.41, 5.74) is 3.68. The van der Waals surface area contributed by atoms with Crippen LogP contribution in [0.3, 0.4) is 0 Å². The summed E-state index contributed by atoms with van der Waals surface area (Å²) in [6, 6.07) is 6.67. The number of aromatic nitrogens is 2. The summed E-state index contributed by atoms with van der Waals surface area (Å²) < 4.78 is 0.